The molecule has 1 aliphatic rings. The van der Waals surface area contributed by atoms with E-state index in [4.69, 9.17) is 0 Å². The van der Waals surface area contributed by atoms with E-state index in [2.05, 4.69) is 20.5 Å². The van der Waals surface area contributed by atoms with Crippen LogP contribution in [-0.4, -0.2) is 25.8 Å². The third kappa shape index (κ3) is 3.95. The zero-order chi connectivity index (χ0) is 15.4. The summed E-state index contributed by atoms with van der Waals surface area (Å²) >= 11 is 2.85. The van der Waals surface area contributed by atoms with E-state index in [0.29, 0.717) is 17.6 Å². The first-order chi connectivity index (χ1) is 10.7. The minimum Gasteiger partial charge on any atom is -0.357 e. The molecule has 9 heteroatoms. The lowest BCUT2D eigenvalue weighted by atomic mass is 9.96. The van der Waals surface area contributed by atoms with E-state index in [9.17, 15) is 8.78 Å². The summed E-state index contributed by atoms with van der Waals surface area (Å²) in [6.07, 6.45) is 8.85. The molecule has 1 fully saturated rings. The second-order valence-corrected chi connectivity index (χ2v) is 7.37. The van der Waals surface area contributed by atoms with Crippen molar-refractivity contribution in [2.45, 2.75) is 54.8 Å². The molecule has 5 nitrogen and oxygen atoms in total. The molecule has 2 aromatic rings. The van der Waals surface area contributed by atoms with Crippen LogP contribution in [0.5, 0.6) is 0 Å². The normalized spacial score (nSPS) is 16.3. The van der Waals surface area contributed by atoms with Crippen molar-refractivity contribution in [2.24, 2.45) is 0 Å². The number of nitrogens with zero attached hydrogens (tertiary/aromatic N) is 4. The highest BCUT2D eigenvalue weighted by Gasteiger charge is 2.16. The fourth-order valence-corrected chi connectivity index (χ4v) is 4.29. The Balaban J connectivity index is 1.54. The molecule has 2 aromatic heterocycles. The molecule has 0 aromatic carbocycles. The first-order valence-corrected chi connectivity index (χ1v) is 9.05. The molecule has 0 aliphatic heterocycles. The van der Waals surface area contributed by atoms with E-state index in [0.717, 1.165) is 14.0 Å². The van der Waals surface area contributed by atoms with Crippen molar-refractivity contribution in [3.8, 4) is 0 Å². The van der Waals surface area contributed by atoms with Crippen LogP contribution >= 0.6 is 23.1 Å². The second kappa shape index (κ2) is 7.36. The van der Waals surface area contributed by atoms with Crippen molar-refractivity contribution < 1.29 is 8.78 Å². The Morgan fingerprint density at radius 2 is 2.14 bits per heavy atom. The number of thioether (sulfide) groups is 1. The van der Waals surface area contributed by atoms with Gasteiger partial charge in [-0.15, -0.1) is 10.2 Å². The average Bonchev–Trinajstić information content (AvgIpc) is 3.15. The number of hydrogen-bond donors (Lipinski definition) is 1. The number of hydrogen-bond acceptors (Lipinski definition) is 6. The summed E-state index contributed by atoms with van der Waals surface area (Å²) in [6, 6.07) is 0.484. The Hall–Kier alpha value is -1.22. The quantitative estimate of drug-likeness (QED) is 0.797. The molecule has 0 spiro atoms. The van der Waals surface area contributed by atoms with E-state index < -0.39 is 6.55 Å². The maximum Gasteiger partial charge on any atom is 0.319 e. The number of halogens is 2. The van der Waals surface area contributed by atoms with Crippen LogP contribution < -0.4 is 5.32 Å². The van der Waals surface area contributed by atoms with E-state index in [-0.39, 0.29) is 0 Å². The van der Waals surface area contributed by atoms with Crippen LogP contribution in [0.15, 0.2) is 16.7 Å². The monoisotopic (exact) mass is 345 g/mol. The molecule has 0 atom stereocenters. The van der Waals surface area contributed by atoms with Crippen molar-refractivity contribution in [2.75, 3.05) is 5.32 Å². The molecule has 120 valence electrons. The van der Waals surface area contributed by atoms with Crippen LogP contribution in [0.25, 0.3) is 0 Å². The number of anilines is 1. The van der Waals surface area contributed by atoms with Crippen LogP contribution in [0.1, 0.15) is 44.5 Å². The fraction of sp³-hybridized carbons (Fsp3) is 0.615. The average molecular weight is 345 g/mol. The zero-order valence-corrected chi connectivity index (χ0v) is 13.5. The van der Waals surface area contributed by atoms with Crippen molar-refractivity contribution in [3.63, 3.8) is 0 Å². The molecule has 3 rings (SSSR count). The molecule has 1 N–H and O–H groups in total. The fourth-order valence-electron chi connectivity index (χ4n) is 2.51. The van der Waals surface area contributed by atoms with Gasteiger partial charge in [-0.05, 0) is 12.8 Å². The summed E-state index contributed by atoms with van der Waals surface area (Å²) in [4.78, 5) is 3.96. The van der Waals surface area contributed by atoms with Gasteiger partial charge >= 0.3 is 6.55 Å². The largest absolute Gasteiger partial charge is 0.357 e. The van der Waals surface area contributed by atoms with E-state index >= 15 is 0 Å². The smallest absolute Gasteiger partial charge is 0.319 e. The number of nitrogens with one attached hydrogen (secondary N) is 1. The number of rotatable bonds is 6. The molecule has 1 aliphatic carbocycles. The molecule has 0 saturated heterocycles. The Bertz CT molecular complexity index is 595. The van der Waals surface area contributed by atoms with Gasteiger partial charge < -0.3 is 5.32 Å². The van der Waals surface area contributed by atoms with Crippen molar-refractivity contribution in [1.29, 1.82) is 0 Å². The van der Waals surface area contributed by atoms with Crippen molar-refractivity contribution in [3.05, 3.63) is 18.2 Å². The minimum absolute atomic E-state index is 0.344. The molecule has 2 heterocycles. The highest BCUT2D eigenvalue weighted by Crippen LogP contribution is 2.30. The lowest BCUT2D eigenvalue weighted by molar-refractivity contribution is 0.0678. The third-order valence-corrected chi connectivity index (χ3v) is 5.61. The van der Waals surface area contributed by atoms with Gasteiger partial charge in [0.05, 0.1) is 5.75 Å². The van der Waals surface area contributed by atoms with Gasteiger partial charge in [-0.3, -0.25) is 4.57 Å². The van der Waals surface area contributed by atoms with Gasteiger partial charge in [0.2, 0.25) is 5.13 Å². The number of imidazole rings is 1. The molecule has 0 radical (unpaired) electrons. The summed E-state index contributed by atoms with van der Waals surface area (Å²) in [5.41, 5.74) is 0. The predicted molar refractivity (Wildman–Crippen MR) is 83.4 cm³/mol. The van der Waals surface area contributed by atoms with E-state index in [1.54, 1.807) is 0 Å². The van der Waals surface area contributed by atoms with E-state index in [1.165, 1.54) is 67.6 Å². The molecule has 1 saturated carbocycles. The van der Waals surface area contributed by atoms with Gasteiger partial charge in [0.1, 0.15) is 5.82 Å². The maximum absolute atomic E-state index is 12.7. The first-order valence-electron chi connectivity index (χ1n) is 7.25. The van der Waals surface area contributed by atoms with Gasteiger partial charge in [0, 0.05) is 18.4 Å². The molecular formula is C13H17F2N5S2. The predicted octanol–water partition coefficient (Wildman–Crippen LogP) is 4.17. The molecule has 0 unspecified atom stereocenters. The standard InChI is InChI=1S/C13H17F2N5S2/c14-11(15)20-7-6-16-10(20)8-21-13-19-18-12(22-13)17-9-4-2-1-3-5-9/h6-7,9,11H,1-5,8H2,(H,17,18). The Morgan fingerprint density at radius 3 is 2.91 bits per heavy atom. The summed E-state index contributed by atoms with van der Waals surface area (Å²) < 4.78 is 27.1. The molecule has 0 amide bonds. The first kappa shape index (κ1) is 15.7. The highest BCUT2D eigenvalue weighted by atomic mass is 32.2. The zero-order valence-electron chi connectivity index (χ0n) is 11.9. The van der Waals surface area contributed by atoms with Crippen LogP contribution in [-0.2, 0) is 5.75 Å². The summed E-state index contributed by atoms with van der Waals surface area (Å²) in [6.45, 7) is -2.56. The Morgan fingerprint density at radius 1 is 1.32 bits per heavy atom. The van der Waals surface area contributed by atoms with Gasteiger partial charge in [-0.1, -0.05) is 42.4 Å². The lowest BCUT2D eigenvalue weighted by Gasteiger charge is -2.21. The van der Waals surface area contributed by atoms with Crippen LogP contribution in [0.3, 0.4) is 0 Å². The maximum atomic E-state index is 12.7. The summed E-state index contributed by atoms with van der Waals surface area (Å²) in [7, 11) is 0. The number of aromatic nitrogens is 4. The Labute approximate surface area is 135 Å². The van der Waals surface area contributed by atoms with Gasteiger partial charge in [0.15, 0.2) is 4.34 Å². The van der Waals surface area contributed by atoms with Crippen LogP contribution in [0.2, 0.25) is 0 Å². The second-order valence-electron chi connectivity index (χ2n) is 5.17. The third-order valence-electron chi connectivity index (χ3n) is 3.62. The van der Waals surface area contributed by atoms with E-state index in [1.807, 2.05) is 0 Å². The molecular weight excluding hydrogens is 328 g/mol. The van der Waals surface area contributed by atoms with Crippen LogP contribution in [0, 0.1) is 0 Å². The molecule has 22 heavy (non-hydrogen) atoms. The van der Waals surface area contributed by atoms with Gasteiger partial charge in [-0.2, -0.15) is 8.78 Å². The molecule has 0 bridgehead atoms. The SMILES string of the molecule is FC(F)n1ccnc1CSc1nnc(NC2CCCCC2)s1. The summed E-state index contributed by atoms with van der Waals surface area (Å²) in [5.74, 6) is 0.701. The minimum atomic E-state index is -2.56. The van der Waals surface area contributed by atoms with Crippen molar-refractivity contribution >= 4 is 28.2 Å². The number of alkyl halides is 2. The lowest BCUT2D eigenvalue weighted by Crippen LogP contribution is -2.21. The Kier molecular flexibility index (Phi) is 5.24. The summed E-state index contributed by atoms with van der Waals surface area (Å²) in [5, 5.41) is 12.5. The van der Waals surface area contributed by atoms with Gasteiger partial charge in [-0.25, -0.2) is 4.98 Å². The van der Waals surface area contributed by atoms with Crippen molar-refractivity contribution in [1.82, 2.24) is 19.7 Å². The van der Waals surface area contributed by atoms with Gasteiger partial charge in [0.25, 0.3) is 0 Å². The highest BCUT2D eigenvalue weighted by molar-refractivity contribution is 8.00. The topological polar surface area (TPSA) is 55.6 Å². The van der Waals surface area contributed by atoms with Crippen LogP contribution in [0.4, 0.5) is 13.9 Å².